The summed E-state index contributed by atoms with van der Waals surface area (Å²) >= 11 is 0. The molecule has 0 fully saturated rings. The van der Waals surface area contributed by atoms with Crippen molar-refractivity contribution in [2.45, 2.75) is 0 Å². The summed E-state index contributed by atoms with van der Waals surface area (Å²) in [6.07, 6.45) is 3.22. The molecule has 0 aliphatic rings. The van der Waals surface area contributed by atoms with Crippen molar-refractivity contribution in [3.8, 4) is 5.75 Å². The van der Waals surface area contributed by atoms with Gasteiger partial charge in [-0.2, -0.15) is 0 Å². The molecule has 0 amide bonds. The lowest BCUT2D eigenvalue weighted by atomic mass is 10.2. The zero-order chi connectivity index (χ0) is 15.0. The molecule has 0 unspecified atom stereocenters. The lowest BCUT2D eigenvalue weighted by molar-refractivity contribution is 0.0596. The Hall–Kier alpha value is -2.82. The van der Waals surface area contributed by atoms with E-state index < -0.39 is 12.1 Å². The van der Waals surface area contributed by atoms with Crippen LogP contribution < -0.4 is 4.74 Å². The van der Waals surface area contributed by atoms with Gasteiger partial charge in [0.05, 0.1) is 7.11 Å². The number of carbonyl (C=O) groups is 2. The van der Waals surface area contributed by atoms with Crippen molar-refractivity contribution in [1.29, 1.82) is 0 Å². The van der Waals surface area contributed by atoms with Crippen LogP contribution in [-0.4, -0.2) is 19.2 Å². The molecule has 0 aliphatic heterocycles. The minimum Gasteiger partial charge on any atom is -0.465 e. The number of esters is 1. The summed E-state index contributed by atoms with van der Waals surface area (Å²) in [6, 6.07) is 6.17. The normalized spacial score (nSPS) is 10.3. The Bertz CT molecular complexity index is 557. The van der Waals surface area contributed by atoms with E-state index >= 15 is 0 Å². The van der Waals surface area contributed by atoms with E-state index in [-0.39, 0.29) is 17.1 Å². The topological polar surface area (TPSA) is 61.8 Å². The summed E-state index contributed by atoms with van der Waals surface area (Å²) in [6.45, 7) is 6.95. The van der Waals surface area contributed by atoms with Crippen LogP contribution in [0, 0.1) is 0 Å². The molecule has 0 aromatic heterocycles. The lowest BCUT2D eigenvalue weighted by Crippen LogP contribution is -2.13. The van der Waals surface area contributed by atoms with Gasteiger partial charge in [0.15, 0.2) is 0 Å². The van der Waals surface area contributed by atoms with Crippen LogP contribution in [0.15, 0.2) is 61.4 Å². The number of hydrogen-bond donors (Lipinski definition) is 0. The van der Waals surface area contributed by atoms with E-state index in [0.29, 0.717) is 0 Å². The van der Waals surface area contributed by atoms with E-state index in [9.17, 15) is 9.59 Å². The average molecular weight is 274 g/mol. The highest BCUT2D eigenvalue weighted by molar-refractivity contribution is 5.93. The molecule has 5 nitrogen and oxygen atoms in total. The molecule has 1 rings (SSSR count). The van der Waals surface area contributed by atoms with E-state index in [2.05, 4.69) is 17.9 Å². The molecular formula is C15H14O5. The van der Waals surface area contributed by atoms with Crippen molar-refractivity contribution in [2.24, 2.45) is 0 Å². The third-order valence-electron chi connectivity index (χ3n) is 2.17. The van der Waals surface area contributed by atoms with Gasteiger partial charge in [-0.05, 0) is 24.3 Å². The van der Waals surface area contributed by atoms with Crippen molar-refractivity contribution in [3.63, 3.8) is 0 Å². The van der Waals surface area contributed by atoms with E-state index in [0.717, 1.165) is 0 Å². The summed E-state index contributed by atoms with van der Waals surface area (Å²) in [5.74, 6) is -0.383. The molecule has 0 saturated carbocycles. The van der Waals surface area contributed by atoms with E-state index in [1.165, 1.54) is 37.5 Å². The number of methoxy groups -OCH3 is 1. The summed E-state index contributed by atoms with van der Waals surface area (Å²) in [4.78, 5) is 23.1. The number of allylic oxidation sites excluding steroid dienone is 3. The zero-order valence-corrected chi connectivity index (χ0v) is 11.0. The van der Waals surface area contributed by atoms with Gasteiger partial charge in [0, 0.05) is 0 Å². The second kappa shape index (κ2) is 7.58. The van der Waals surface area contributed by atoms with E-state index in [1.54, 1.807) is 12.1 Å². The van der Waals surface area contributed by atoms with Crippen molar-refractivity contribution >= 4 is 12.1 Å². The number of hydrogen-bond acceptors (Lipinski definition) is 5. The van der Waals surface area contributed by atoms with Crippen LogP contribution >= 0.6 is 0 Å². The van der Waals surface area contributed by atoms with Crippen LogP contribution in [-0.2, 0) is 9.47 Å². The smallest absolute Gasteiger partial charge is 0.465 e. The molecule has 1 aromatic carbocycles. The zero-order valence-electron chi connectivity index (χ0n) is 11.0. The third-order valence-corrected chi connectivity index (χ3v) is 2.17. The summed E-state index contributed by atoms with van der Waals surface area (Å²) < 4.78 is 14.4. The van der Waals surface area contributed by atoms with Crippen molar-refractivity contribution in [3.05, 3.63) is 67.0 Å². The fourth-order valence-electron chi connectivity index (χ4n) is 1.30. The minimum atomic E-state index is -0.991. The number of ether oxygens (including phenoxy) is 3. The Morgan fingerprint density at radius 1 is 1.20 bits per heavy atom. The summed E-state index contributed by atoms with van der Waals surface area (Å²) in [7, 11) is 1.24. The molecule has 0 radical (unpaired) electrons. The molecule has 0 bridgehead atoms. The molecular weight excluding hydrogens is 260 g/mol. The van der Waals surface area contributed by atoms with E-state index in [1.807, 2.05) is 0 Å². The fourth-order valence-corrected chi connectivity index (χ4v) is 1.30. The first kappa shape index (κ1) is 15.2. The van der Waals surface area contributed by atoms with Crippen LogP contribution in [0.2, 0.25) is 0 Å². The van der Waals surface area contributed by atoms with Gasteiger partial charge < -0.3 is 14.2 Å². The first-order valence-electron chi connectivity index (χ1n) is 5.64. The maximum atomic E-state index is 11.6. The first-order chi connectivity index (χ1) is 9.62. The predicted molar refractivity (Wildman–Crippen MR) is 73.4 cm³/mol. The van der Waals surface area contributed by atoms with Gasteiger partial charge >= 0.3 is 12.1 Å². The second-order valence-electron chi connectivity index (χ2n) is 3.45. The van der Waals surface area contributed by atoms with Crippen molar-refractivity contribution < 1.29 is 23.8 Å². The highest BCUT2D eigenvalue weighted by Gasteiger charge is 2.16. The Morgan fingerprint density at radius 3 is 2.50 bits per heavy atom. The SMILES string of the molecule is C=CC=C(C=C)OC(=O)Oc1ccccc1C(=O)OC. The lowest BCUT2D eigenvalue weighted by Gasteiger charge is -2.08. The monoisotopic (exact) mass is 274 g/mol. The maximum Gasteiger partial charge on any atom is 0.519 e. The molecule has 0 atom stereocenters. The molecule has 5 heteroatoms. The molecule has 0 aliphatic carbocycles. The highest BCUT2D eigenvalue weighted by atomic mass is 16.7. The predicted octanol–water partition coefficient (Wildman–Crippen LogP) is 3.24. The van der Waals surface area contributed by atoms with Gasteiger partial charge in [-0.3, -0.25) is 0 Å². The van der Waals surface area contributed by atoms with Gasteiger partial charge in [-0.15, -0.1) is 0 Å². The third kappa shape index (κ3) is 4.13. The standard InChI is InChI=1S/C15H14O5/c1-4-8-11(5-2)19-15(17)20-13-10-7-6-9-12(13)14(16)18-3/h4-10H,1-2H2,3H3. The minimum absolute atomic E-state index is 0.0476. The Kier molecular flexibility index (Phi) is 5.77. The van der Waals surface area contributed by atoms with Crippen molar-refractivity contribution in [2.75, 3.05) is 7.11 Å². The molecule has 0 spiro atoms. The molecule has 1 aromatic rings. The second-order valence-corrected chi connectivity index (χ2v) is 3.45. The molecule has 20 heavy (non-hydrogen) atoms. The van der Waals surface area contributed by atoms with Crippen molar-refractivity contribution in [1.82, 2.24) is 0 Å². The quantitative estimate of drug-likeness (QED) is 0.357. The Balaban J connectivity index is 2.86. The van der Waals surface area contributed by atoms with Crippen LogP contribution in [0.4, 0.5) is 4.79 Å². The fraction of sp³-hybridized carbons (Fsp3) is 0.0667. The maximum absolute atomic E-state index is 11.6. The van der Waals surface area contributed by atoms with E-state index in [4.69, 9.17) is 9.47 Å². The van der Waals surface area contributed by atoms with Gasteiger partial charge in [0.2, 0.25) is 0 Å². The number of rotatable bonds is 5. The molecule has 104 valence electrons. The molecule has 0 N–H and O–H groups in total. The van der Waals surface area contributed by atoms with Gasteiger partial charge in [0.25, 0.3) is 0 Å². The molecule has 0 heterocycles. The average Bonchev–Trinajstić information content (AvgIpc) is 2.46. The molecule has 0 saturated heterocycles. The van der Waals surface area contributed by atoms with Crippen LogP contribution in [0.3, 0.4) is 0 Å². The number of carbonyl (C=O) groups excluding carboxylic acids is 2. The highest BCUT2D eigenvalue weighted by Crippen LogP contribution is 2.19. The van der Waals surface area contributed by atoms with Crippen LogP contribution in [0.1, 0.15) is 10.4 Å². The van der Waals surface area contributed by atoms with Gasteiger partial charge in [-0.1, -0.05) is 31.4 Å². The number of benzene rings is 1. The summed E-state index contributed by atoms with van der Waals surface area (Å²) in [5.41, 5.74) is 0.125. The van der Waals surface area contributed by atoms with Gasteiger partial charge in [0.1, 0.15) is 17.1 Å². The Morgan fingerprint density at radius 2 is 1.90 bits per heavy atom. The largest absolute Gasteiger partial charge is 0.519 e. The summed E-state index contributed by atoms with van der Waals surface area (Å²) in [5, 5.41) is 0. The van der Waals surface area contributed by atoms with Crippen LogP contribution in [0.25, 0.3) is 0 Å². The first-order valence-corrected chi connectivity index (χ1v) is 5.64. The Labute approximate surface area is 116 Å². The number of para-hydroxylation sites is 1. The van der Waals surface area contributed by atoms with Crippen LogP contribution in [0.5, 0.6) is 5.75 Å². The van der Waals surface area contributed by atoms with Gasteiger partial charge in [-0.25, -0.2) is 9.59 Å².